The van der Waals surface area contributed by atoms with Gasteiger partial charge in [0.2, 0.25) is 10.0 Å². The van der Waals surface area contributed by atoms with E-state index in [9.17, 15) is 12.8 Å². The van der Waals surface area contributed by atoms with Crippen LogP contribution in [0.5, 0.6) is 0 Å². The summed E-state index contributed by atoms with van der Waals surface area (Å²) < 4.78 is 40.8. The number of benzene rings is 1. The predicted molar refractivity (Wildman–Crippen MR) is 78.5 cm³/mol. The van der Waals surface area contributed by atoms with E-state index in [1.807, 2.05) is 24.4 Å². The Hall–Kier alpha value is -1.44. The monoisotopic (exact) mass is 314 g/mol. The second-order valence-corrected chi connectivity index (χ2v) is 6.95. The van der Waals surface area contributed by atoms with Crippen LogP contribution >= 0.6 is 11.3 Å². The molecule has 0 bridgehead atoms. The number of thiophene rings is 1. The van der Waals surface area contributed by atoms with Crippen molar-refractivity contribution in [3.63, 3.8) is 0 Å². The van der Waals surface area contributed by atoms with Crippen molar-refractivity contribution in [2.75, 3.05) is 5.73 Å². The maximum Gasteiger partial charge on any atom is 0.244 e. The van der Waals surface area contributed by atoms with Crippen molar-refractivity contribution in [1.29, 1.82) is 0 Å². The van der Waals surface area contributed by atoms with Crippen molar-refractivity contribution in [2.45, 2.75) is 24.3 Å². The Bertz CT molecular complexity index is 684. The maximum absolute atomic E-state index is 13.7. The van der Waals surface area contributed by atoms with Gasteiger partial charge in [-0.15, -0.1) is 11.3 Å². The molecule has 4 nitrogen and oxygen atoms in total. The van der Waals surface area contributed by atoms with E-state index in [0.717, 1.165) is 10.9 Å². The maximum atomic E-state index is 13.7. The molecule has 0 aliphatic carbocycles. The largest absolute Gasteiger partial charge is 0.399 e. The van der Waals surface area contributed by atoms with Crippen LogP contribution in [0, 0.1) is 5.82 Å². The van der Waals surface area contributed by atoms with Crippen LogP contribution in [-0.2, 0) is 10.0 Å². The Morgan fingerprint density at radius 2 is 2.15 bits per heavy atom. The summed E-state index contributed by atoms with van der Waals surface area (Å²) in [7, 11) is -3.92. The van der Waals surface area contributed by atoms with Gasteiger partial charge in [-0.05, 0) is 36.1 Å². The van der Waals surface area contributed by atoms with E-state index >= 15 is 0 Å². The van der Waals surface area contributed by atoms with E-state index in [2.05, 4.69) is 4.72 Å². The van der Waals surface area contributed by atoms with Gasteiger partial charge >= 0.3 is 0 Å². The normalized spacial score (nSPS) is 13.3. The average molecular weight is 314 g/mol. The minimum atomic E-state index is -3.92. The molecule has 7 heteroatoms. The minimum absolute atomic E-state index is 0.187. The number of hydrogen-bond acceptors (Lipinski definition) is 4. The summed E-state index contributed by atoms with van der Waals surface area (Å²) in [5, 5.41) is 1.87. The zero-order valence-corrected chi connectivity index (χ0v) is 12.5. The van der Waals surface area contributed by atoms with Crippen molar-refractivity contribution < 1.29 is 12.8 Å². The molecule has 0 spiro atoms. The quantitative estimate of drug-likeness (QED) is 0.834. The fourth-order valence-corrected chi connectivity index (χ4v) is 4.11. The van der Waals surface area contributed by atoms with E-state index in [1.54, 1.807) is 0 Å². The molecular formula is C13H15FN2O2S2. The molecule has 0 fully saturated rings. The SMILES string of the molecule is CCC(NS(=O)(=O)c1ccc(N)cc1F)c1cccs1. The lowest BCUT2D eigenvalue weighted by Crippen LogP contribution is -2.28. The second kappa shape index (κ2) is 5.90. The highest BCUT2D eigenvalue weighted by molar-refractivity contribution is 7.89. The summed E-state index contributed by atoms with van der Waals surface area (Å²) >= 11 is 1.46. The lowest BCUT2D eigenvalue weighted by Gasteiger charge is -2.16. The molecule has 1 unspecified atom stereocenters. The van der Waals surface area contributed by atoms with Gasteiger partial charge in [0, 0.05) is 10.6 Å². The highest BCUT2D eigenvalue weighted by atomic mass is 32.2. The van der Waals surface area contributed by atoms with Gasteiger partial charge in [-0.2, -0.15) is 0 Å². The first kappa shape index (κ1) is 15.0. The first-order valence-corrected chi connectivity index (χ1v) is 8.41. The molecule has 3 N–H and O–H groups in total. The summed E-state index contributed by atoms with van der Waals surface area (Å²) in [6.07, 6.45) is 0.580. The summed E-state index contributed by atoms with van der Waals surface area (Å²) in [5.41, 5.74) is 5.61. The third-order valence-electron chi connectivity index (χ3n) is 2.84. The third kappa shape index (κ3) is 3.17. The van der Waals surface area contributed by atoms with Crippen LogP contribution < -0.4 is 10.5 Å². The Labute approximate surface area is 121 Å². The summed E-state index contributed by atoms with van der Waals surface area (Å²) in [6.45, 7) is 1.87. The number of hydrogen-bond donors (Lipinski definition) is 2. The van der Waals surface area contributed by atoms with E-state index in [0.29, 0.717) is 6.42 Å². The number of rotatable bonds is 5. The van der Waals surface area contributed by atoms with Crippen molar-refractivity contribution in [2.24, 2.45) is 0 Å². The van der Waals surface area contributed by atoms with E-state index in [1.165, 1.54) is 23.5 Å². The first-order valence-electron chi connectivity index (χ1n) is 6.05. The van der Waals surface area contributed by atoms with Gasteiger partial charge in [-0.25, -0.2) is 17.5 Å². The van der Waals surface area contributed by atoms with Crippen molar-refractivity contribution in [3.05, 3.63) is 46.4 Å². The average Bonchev–Trinajstić information content (AvgIpc) is 2.89. The van der Waals surface area contributed by atoms with Crippen LogP contribution in [0.25, 0.3) is 0 Å². The lowest BCUT2D eigenvalue weighted by molar-refractivity contribution is 0.537. The van der Waals surface area contributed by atoms with Gasteiger partial charge in [-0.3, -0.25) is 0 Å². The Morgan fingerprint density at radius 3 is 2.70 bits per heavy atom. The van der Waals surface area contributed by atoms with Crippen LogP contribution in [0.2, 0.25) is 0 Å². The molecule has 1 atom stereocenters. The van der Waals surface area contributed by atoms with Crippen LogP contribution in [0.1, 0.15) is 24.3 Å². The Balaban J connectivity index is 2.31. The third-order valence-corrected chi connectivity index (χ3v) is 5.33. The number of nitrogen functional groups attached to an aromatic ring is 1. The lowest BCUT2D eigenvalue weighted by atomic mass is 10.2. The molecular weight excluding hydrogens is 299 g/mol. The van der Waals surface area contributed by atoms with Gasteiger partial charge in [0.05, 0.1) is 6.04 Å². The fourth-order valence-electron chi connectivity index (χ4n) is 1.82. The topological polar surface area (TPSA) is 72.2 Å². The molecule has 108 valence electrons. The van der Waals surface area contributed by atoms with Gasteiger partial charge in [0.1, 0.15) is 10.7 Å². The van der Waals surface area contributed by atoms with Crippen LogP contribution in [-0.4, -0.2) is 8.42 Å². The highest BCUT2D eigenvalue weighted by Crippen LogP contribution is 2.25. The Kier molecular flexibility index (Phi) is 4.42. The first-order chi connectivity index (χ1) is 9.44. The predicted octanol–water partition coefficient (Wildman–Crippen LogP) is 2.90. The molecule has 0 saturated heterocycles. The van der Waals surface area contributed by atoms with E-state index < -0.39 is 15.8 Å². The second-order valence-electron chi connectivity index (χ2n) is 4.29. The van der Waals surface area contributed by atoms with Crippen LogP contribution in [0.4, 0.5) is 10.1 Å². The fraction of sp³-hybridized carbons (Fsp3) is 0.231. The number of halogens is 1. The Morgan fingerprint density at radius 1 is 1.40 bits per heavy atom. The number of anilines is 1. The van der Waals surface area contributed by atoms with Gasteiger partial charge in [-0.1, -0.05) is 13.0 Å². The van der Waals surface area contributed by atoms with Gasteiger partial charge < -0.3 is 5.73 Å². The molecule has 20 heavy (non-hydrogen) atoms. The van der Waals surface area contributed by atoms with Crippen molar-refractivity contribution in [3.8, 4) is 0 Å². The van der Waals surface area contributed by atoms with Crippen molar-refractivity contribution >= 4 is 27.0 Å². The molecule has 0 amide bonds. The van der Waals surface area contributed by atoms with Gasteiger partial charge in [0.25, 0.3) is 0 Å². The molecule has 1 aromatic carbocycles. The minimum Gasteiger partial charge on any atom is -0.399 e. The summed E-state index contributed by atoms with van der Waals surface area (Å²) in [6, 6.07) is 6.87. The van der Waals surface area contributed by atoms with E-state index in [4.69, 9.17) is 5.73 Å². The molecule has 0 saturated carbocycles. The number of nitrogens with two attached hydrogens (primary N) is 1. The van der Waals surface area contributed by atoms with Gasteiger partial charge in [0.15, 0.2) is 0 Å². The zero-order valence-electron chi connectivity index (χ0n) is 10.8. The van der Waals surface area contributed by atoms with Crippen LogP contribution in [0.15, 0.2) is 40.6 Å². The number of sulfonamides is 1. The molecule has 1 heterocycles. The van der Waals surface area contributed by atoms with E-state index in [-0.39, 0.29) is 16.6 Å². The van der Waals surface area contributed by atoms with Crippen molar-refractivity contribution in [1.82, 2.24) is 4.72 Å². The van der Waals surface area contributed by atoms with Crippen LogP contribution in [0.3, 0.4) is 0 Å². The number of nitrogens with one attached hydrogen (secondary N) is 1. The molecule has 1 aromatic heterocycles. The molecule has 0 radical (unpaired) electrons. The molecule has 0 aliphatic heterocycles. The highest BCUT2D eigenvalue weighted by Gasteiger charge is 2.23. The smallest absolute Gasteiger partial charge is 0.244 e. The molecule has 2 rings (SSSR count). The summed E-state index contributed by atoms with van der Waals surface area (Å²) in [5.74, 6) is -0.849. The standard InChI is InChI=1S/C13H15FN2O2S2/c1-2-11(12-4-3-7-19-12)16-20(17,18)13-6-5-9(15)8-10(13)14/h3-8,11,16H,2,15H2,1H3. The summed E-state index contributed by atoms with van der Waals surface area (Å²) in [4.78, 5) is 0.508. The zero-order chi connectivity index (χ0) is 14.8. The molecule has 2 aromatic rings. The molecule has 0 aliphatic rings.